The largest absolute Gasteiger partial charge is 0.573 e. The summed E-state index contributed by atoms with van der Waals surface area (Å²) < 4.78 is 70.0. The quantitative estimate of drug-likeness (QED) is 0.291. The Morgan fingerprint density at radius 2 is 1.77 bits per heavy atom. The zero-order valence-corrected chi connectivity index (χ0v) is 25.2. The number of aromatic nitrogens is 1. The third-order valence-electron chi connectivity index (χ3n) is 7.16. The number of carboxylic acid groups (broad SMARTS) is 1. The standard InChI is InChI=1S/C29H32F3N3O6S2/c1-3-4-19-5-7-20(8-6-19)17-33-27(36)24-15-21(16-25-34-18(2)26(42-25)28(37)38)13-14-35(24)43(39,40)23-11-9-22(10-12-23)41-29(30,31)32/h5-12,21,24H,3-4,13-17H2,1-2H3,(H,33,36)(H,37,38)/t21-,24-/m1/s1. The Kier molecular flexibility index (Phi) is 10.1. The number of halogens is 3. The molecule has 232 valence electrons. The summed E-state index contributed by atoms with van der Waals surface area (Å²) in [6, 6.07) is 10.5. The molecule has 1 amide bonds. The van der Waals surface area contributed by atoms with E-state index >= 15 is 0 Å². The lowest BCUT2D eigenvalue weighted by atomic mass is 9.89. The van der Waals surface area contributed by atoms with Gasteiger partial charge in [0.25, 0.3) is 0 Å². The van der Waals surface area contributed by atoms with Crippen molar-refractivity contribution in [3.8, 4) is 5.75 Å². The molecule has 0 bridgehead atoms. The van der Waals surface area contributed by atoms with Gasteiger partial charge in [0.2, 0.25) is 15.9 Å². The zero-order valence-electron chi connectivity index (χ0n) is 23.6. The minimum Gasteiger partial charge on any atom is -0.477 e. The normalized spacial score (nSPS) is 17.9. The van der Waals surface area contributed by atoms with Crippen molar-refractivity contribution in [2.24, 2.45) is 5.92 Å². The first kappa shape index (κ1) is 32.4. The molecule has 43 heavy (non-hydrogen) atoms. The fourth-order valence-corrected chi connectivity index (χ4v) is 7.71. The summed E-state index contributed by atoms with van der Waals surface area (Å²) in [5.74, 6) is -2.31. The maximum absolute atomic E-state index is 13.7. The van der Waals surface area contributed by atoms with Crippen LogP contribution in [-0.2, 0) is 34.2 Å². The number of thiazole rings is 1. The van der Waals surface area contributed by atoms with E-state index in [9.17, 15) is 36.3 Å². The summed E-state index contributed by atoms with van der Waals surface area (Å²) >= 11 is 1.06. The number of nitrogens with zero attached hydrogens (tertiary/aromatic N) is 2. The lowest BCUT2D eigenvalue weighted by Gasteiger charge is -2.37. The lowest BCUT2D eigenvalue weighted by molar-refractivity contribution is -0.274. The molecule has 1 saturated heterocycles. The van der Waals surface area contributed by atoms with Crippen molar-refractivity contribution in [3.05, 3.63) is 75.2 Å². The van der Waals surface area contributed by atoms with Gasteiger partial charge in [0.15, 0.2) is 0 Å². The summed E-state index contributed by atoms with van der Waals surface area (Å²) in [4.78, 5) is 29.2. The Labute approximate surface area is 251 Å². The molecular weight excluding hydrogens is 607 g/mol. The molecule has 4 rings (SSSR count). The number of aryl methyl sites for hydroxylation is 2. The SMILES string of the molecule is CCCc1ccc(CNC(=O)[C@H]2C[C@H](Cc3nc(C)c(C(=O)O)s3)CCN2S(=O)(=O)c2ccc(OC(F)(F)F)cc2)cc1. The summed E-state index contributed by atoms with van der Waals surface area (Å²) in [7, 11) is -4.28. The molecule has 0 unspecified atom stereocenters. The predicted molar refractivity (Wildman–Crippen MR) is 153 cm³/mol. The van der Waals surface area contributed by atoms with Gasteiger partial charge in [-0.3, -0.25) is 4.79 Å². The molecule has 1 aliphatic rings. The number of carboxylic acids is 1. The number of ether oxygens (including phenoxy) is 1. The third-order valence-corrected chi connectivity index (χ3v) is 10.2. The molecule has 9 nitrogen and oxygen atoms in total. The van der Waals surface area contributed by atoms with E-state index in [1.54, 1.807) is 6.92 Å². The van der Waals surface area contributed by atoms with E-state index in [-0.39, 0.29) is 35.2 Å². The minimum absolute atomic E-state index is 0.0201. The summed E-state index contributed by atoms with van der Waals surface area (Å²) in [6.45, 7) is 3.84. The number of hydrogen-bond donors (Lipinski definition) is 2. The first-order valence-electron chi connectivity index (χ1n) is 13.7. The van der Waals surface area contributed by atoms with Crippen molar-refractivity contribution in [2.75, 3.05) is 6.54 Å². The van der Waals surface area contributed by atoms with Crippen molar-refractivity contribution in [1.82, 2.24) is 14.6 Å². The molecule has 0 spiro atoms. The van der Waals surface area contributed by atoms with Gasteiger partial charge in [0.05, 0.1) is 15.6 Å². The van der Waals surface area contributed by atoms with Gasteiger partial charge in [-0.25, -0.2) is 18.2 Å². The number of rotatable bonds is 11. The smallest absolute Gasteiger partial charge is 0.477 e. The molecule has 1 aromatic heterocycles. The van der Waals surface area contributed by atoms with E-state index in [2.05, 4.69) is 22.0 Å². The van der Waals surface area contributed by atoms with Gasteiger partial charge >= 0.3 is 12.3 Å². The maximum Gasteiger partial charge on any atom is 0.573 e. The van der Waals surface area contributed by atoms with Crippen LogP contribution in [0, 0.1) is 12.8 Å². The average molecular weight is 640 g/mol. The second-order valence-electron chi connectivity index (χ2n) is 10.4. The van der Waals surface area contributed by atoms with E-state index < -0.39 is 40.1 Å². The van der Waals surface area contributed by atoms with Gasteiger partial charge in [0.1, 0.15) is 16.7 Å². The van der Waals surface area contributed by atoms with Crippen LogP contribution in [0.5, 0.6) is 5.75 Å². The second kappa shape index (κ2) is 13.4. The van der Waals surface area contributed by atoms with Gasteiger partial charge < -0.3 is 15.2 Å². The number of alkyl halides is 3. The monoisotopic (exact) mass is 639 g/mol. The molecule has 14 heteroatoms. The molecule has 2 atom stereocenters. The third kappa shape index (κ3) is 8.33. The Balaban J connectivity index is 1.55. The van der Waals surface area contributed by atoms with Gasteiger partial charge in [0, 0.05) is 19.5 Å². The van der Waals surface area contributed by atoms with Gasteiger partial charge in [-0.1, -0.05) is 37.6 Å². The van der Waals surface area contributed by atoms with Crippen LogP contribution in [0.2, 0.25) is 0 Å². The fraction of sp³-hybridized carbons (Fsp3) is 0.414. The molecule has 3 aromatic rings. The Hall–Kier alpha value is -3.49. The summed E-state index contributed by atoms with van der Waals surface area (Å²) in [5, 5.41) is 12.8. The first-order valence-corrected chi connectivity index (χ1v) is 15.9. The number of benzene rings is 2. The minimum atomic E-state index is -4.93. The number of sulfonamides is 1. The molecule has 2 N–H and O–H groups in total. The Morgan fingerprint density at radius 1 is 1.12 bits per heavy atom. The fourth-order valence-electron chi connectivity index (χ4n) is 5.08. The number of nitrogens with one attached hydrogen (secondary N) is 1. The molecule has 2 aromatic carbocycles. The van der Waals surface area contributed by atoms with Crippen LogP contribution in [0.1, 0.15) is 57.7 Å². The topological polar surface area (TPSA) is 126 Å². The molecule has 0 aliphatic carbocycles. The Morgan fingerprint density at radius 3 is 2.35 bits per heavy atom. The van der Waals surface area contributed by atoms with Crippen molar-refractivity contribution in [1.29, 1.82) is 0 Å². The summed E-state index contributed by atoms with van der Waals surface area (Å²) in [6.07, 6.45) is -2.10. The van der Waals surface area contributed by atoms with E-state index in [0.29, 0.717) is 23.5 Å². The van der Waals surface area contributed by atoms with Crippen LogP contribution in [0.4, 0.5) is 13.2 Å². The molecule has 1 aliphatic heterocycles. The zero-order chi connectivity index (χ0) is 31.4. The van der Waals surface area contributed by atoms with E-state index in [0.717, 1.165) is 58.3 Å². The number of carbonyl (C=O) groups excluding carboxylic acids is 1. The van der Waals surface area contributed by atoms with Crippen molar-refractivity contribution >= 4 is 33.2 Å². The number of piperidine rings is 1. The van der Waals surface area contributed by atoms with Crippen LogP contribution < -0.4 is 10.1 Å². The number of hydrogen-bond acceptors (Lipinski definition) is 7. The average Bonchev–Trinajstić information content (AvgIpc) is 3.32. The van der Waals surface area contributed by atoms with E-state index in [4.69, 9.17) is 0 Å². The van der Waals surface area contributed by atoms with Crippen molar-refractivity contribution in [3.63, 3.8) is 0 Å². The molecule has 0 radical (unpaired) electrons. The molecule has 1 fully saturated rings. The lowest BCUT2D eigenvalue weighted by Crippen LogP contribution is -2.53. The highest BCUT2D eigenvalue weighted by Crippen LogP contribution is 2.33. The second-order valence-corrected chi connectivity index (χ2v) is 13.3. The Bertz CT molecular complexity index is 1540. The molecule has 0 saturated carbocycles. The van der Waals surface area contributed by atoms with Gasteiger partial charge in [-0.2, -0.15) is 4.31 Å². The number of amides is 1. The summed E-state index contributed by atoms with van der Waals surface area (Å²) in [5.41, 5.74) is 2.40. The number of carbonyl (C=O) groups is 2. The van der Waals surface area contributed by atoms with Gasteiger partial charge in [-0.05, 0) is 67.5 Å². The highest BCUT2D eigenvalue weighted by molar-refractivity contribution is 7.89. The van der Waals surface area contributed by atoms with Crippen LogP contribution in [-0.4, -0.2) is 53.6 Å². The highest BCUT2D eigenvalue weighted by Gasteiger charge is 2.41. The van der Waals surface area contributed by atoms with Gasteiger partial charge in [-0.15, -0.1) is 24.5 Å². The van der Waals surface area contributed by atoms with E-state index in [1.165, 1.54) is 5.56 Å². The first-order chi connectivity index (χ1) is 20.3. The predicted octanol–water partition coefficient (Wildman–Crippen LogP) is 5.33. The van der Waals surface area contributed by atoms with Crippen LogP contribution in [0.3, 0.4) is 0 Å². The number of aromatic carboxylic acids is 1. The molecular formula is C29H32F3N3O6S2. The van der Waals surface area contributed by atoms with E-state index in [1.807, 2.05) is 24.3 Å². The van der Waals surface area contributed by atoms with Crippen LogP contribution in [0.15, 0.2) is 53.4 Å². The van der Waals surface area contributed by atoms with Crippen molar-refractivity contribution in [2.45, 2.75) is 69.8 Å². The van der Waals surface area contributed by atoms with Crippen LogP contribution in [0.25, 0.3) is 0 Å². The maximum atomic E-state index is 13.7. The molecule has 2 heterocycles. The highest BCUT2D eigenvalue weighted by atomic mass is 32.2. The van der Waals surface area contributed by atoms with Crippen molar-refractivity contribution < 1.29 is 41.0 Å². The van der Waals surface area contributed by atoms with Crippen LogP contribution >= 0.6 is 11.3 Å².